The van der Waals surface area contributed by atoms with E-state index in [1.54, 1.807) is 13.1 Å². The Kier molecular flexibility index (Phi) is 8.87. The maximum absolute atomic E-state index is 15.9. The number of hydrogen-bond acceptors (Lipinski definition) is 8. The molecule has 2 aromatic heterocycles. The van der Waals surface area contributed by atoms with Crippen LogP contribution in [-0.4, -0.2) is 76.7 Å². The Labute approximate surface area is 218 Å². The molecular weight excluding hydrogens is 520 g/mol. The average Bonchev–Trinajstić information content (AvgIpc) is 3.28. The first kappa shape index (κ1) is 31.1. The number of aliphatic hydroxyl groups excluding tert-OH is 1. The summed E-state index contributed by atoms with van der Waals surface area (Å²) in [5.74, 6) is -6.12. The summed E-state index contributed by atoms with van der Waals surface area (Å²) in [6.45, 7) is 18.4. The van der Waals surface area contributed by atoms with Gasteiger partial charge in [0.2, 0.25) is 0 Å². The quantitative estimate of drug-likeness (QED) is 0.460. The molecule has 0 aromatic carbocycles. The van der Waals surface area contributed by atoms with Gasteiger partial charge in [0.05, 0.1) is 6.61 Å². The normalized spacial score (nSPS) is 15.5. The lowest BCUT2D eigenvalue weighted by molar-refractivity contribution is -0.129. The Morgan fingerprint density at radius 1 is 1.08 bits per heavy atom. The van der Waals surface area contributed by atoms with Gasteiger partial charge in [-0.2, -0.15) is 18.9 Å². The molecule has 37 heavy (non-hydrogen) atoms. The van der Waals surface area contributed by atoms with Gasteiger partial charge in [-0.3, -0.25) is 4.79 Å². The number of aliphatic hydroxyl groups is 1. The van der Waals surface area contributed by atoms with Crippen LogP contribution in [0.5, 0.6) is 0 Å². The standard InChI is InChI=1S/C23H39F2N5O5Si2/c1-21(2,3)36(7,8)34-13-16(31)18(35-37(9,10)22(4,5)6)23(24,25)19(32)29-12-11-17(28-20(29)33)30-15-26-14-27-30/h11-12,14-16,18,31H,13H2,1-10H3/t16-,18-/m1/s1. The highest BCUT2D eigenvalue weighted by molar-refractivity contribution is 6.74. The summed E-state index contributed by atoms with van der Waals surface area (Å²) >= 11 is 0. The Hall–Kier alpha value is -2.14. The molecule has 0 saturated heterocycles. The van der Waals surface area contributed by atoms with Gasteiger partial charge in [0.25, 0.3) is 0 Å². The fourth-order valence-electron chi connectivity index (χ4n) is 2.77. The number of hydrogen-bond donors (Lipinski definition) is 1. The summed E-state index contributed by atoms with van der Waals surface area (Å²) < 4.78 is 45.0. The highest BCUT2D eigenvalue weighted by Crippen LogP contribution is 2.41. The first-order valence-corrected chi connectivity index (χ1v) is 17.8. The molecule has 0 aliphatic rings. The topological polar surface area (TPSA) is 121 Å². The van der Waals surface area contributed by atoms with Gasteiger partial charge in [0.15, 0.2) is 22.5 Å². The van der Waals surface area contributed by atoms with Gasteiger partial charge in [-0.25, -0.2) is 19.0 Å². The number of carbonyl (C=O) groups is 1. The number of rotatable bonds is 9. The third kappa shape index (κ3) is 6.85. The van der Waals surface area contributed by atoms with Crippen LogP contribution in [-0.2, 0) is 8.85 Å². The lowest BCUT2D eigenvalue weighted by atomic mass is 10.1. The number of carbonyl (C=O) groups excluding carboxylic acids is 1. The van der Waals surface area contributed by atoms with E-state index in [2.05, 4.69) is 15.1 Å². The van der Waals surface area contributed by atoms with Crippen LogP contribution in [0.3, 0.4) is 0 Å². The molecule has 0 spiro atoms. The van der Waals surface area contributed by atoms with Gasteiger partial charge in [0, 0.05) is 6.20 Å². The van der Waals surface area contributed by atoms with Crippen molar-refractivity contribution in [2.24, 2.45) is 0 Å². The fraction of sp³-hybridized carbons (Fsp3) is 0.696. The van der Waals surface area contributed by atoms with Gasteiger partial charge in [-0.15, -0.1) is 0 Å². The van der Waals surface area contributed by atoms with Gasteiger partial charge >= 0.3 is 17.5 Å². The second-order valence-corrected chi connectivity index (χ2v) is 21.7. The van der Waals surface area contributed by atoms with Crippen molar-refractivity contribution in [3.8, 4) is 5.82 Å². The summed E-state index contributed by atoms with van der Waals surface area (Å²) in [5.41, 5.74) is -1.23. The van der Waals surface area contributed by atoms with Crippen molar-refractivity contribution < 1.29 is 27.5 Å². The van der Waals surface area contributed by atoms with E-state index in [1.165, 1.54) is 18.7 Å². The molecule has 0 amide bonds. The first-order valence-electron chi connectivity index (χ1n) is 12.0. The summed E-state index contributed by atoms with van der Waals surface area (Å²) in [5, 5.41) is 14.1. The molecule has 0 aliphatic heterocycles. The van der Waals surface area contributed by atoms with Crippen molar-refractivity contribution >= 4 is 22.5 Å². The molecule has 208 valence electrons. The SMILES string of the molecule is CC(C)(C)[Si](C)(C)OC[C@@H](O)[C@@H](O[Si](C)(C)C(C)(C)C)C(F)(F)C(=O)n1ccc(-n2cncn2)nc1=O. The third-order valence-corrected chi connectivity index (χ3v) is 16.3. The average molecular weight is 560 g/mol. The molecule has 2 aromatic rings. The number of nitrogens with zero attached hydrogens (tertiary/aromatic N) is 5. The van der Waals surface area contributed by atoms with Crippen molar-refractivity contribution in [3.05, 3.63) is 35.4 Å². The van der Waals surface area contributed by atoms with Crippen molar-refractivity contribution in [1.82, 2.24) is 24.3 Å². The van der Waals surface area contributed by atoms with E-state index in [0.717, 1.165) is 10.9 Å². The maximum Gasteiger partial charge on any atom is 0.356 e. The van der Waals surface area contributed by atoms with E-state index >= 15 is 8.78 Å². The van der Waals surface area contributed by atoms with Crippen LogP contribution in [0.2, 0.25) is 36.3 Å². The molecular formula is C23H39F2N5O5Si2. The van der Waals surface area contributed by atoms with Gasteiger partial charge < -0.3 is 14.0 Å². The molecule has 0 unspecified atom stereocenters. The number of aromatic nitrogens is 5. The minimum atomic E-state index is -4.27. The van der Waals surface area contributed by atoms with E-state index in [-0.39, 0.29) is 15.4 Å². The van der Waals surface area contributed by atoms with Crippen LogP contribution in [0.15, 0.2) is 29.7 Å². The number of halogens is 2. The minimum absolute atomic E-state index is 0.00625. The lowest BCUT2D eigenvalue weighted by Gasteiger charge is -2.43. The summed E-state index contributed by atoms with van der Waals surface area (Å²) in [7, 11) is -5.33. The molecule has 14 heteroatoms. The van der Waals surface area contributed by atoms with Crippen LogP contribution >= 0.6 is 0 Å². The first-order chi connectivity index (χ1) is 16.6. The van der Waals surface area contributed by atoms with Gasteiger partial charge in [0.1, 0.15) is 24.9 Å². The maximum atomic E-state index is 15.9. The van der Waals surface area contributed by atoms with Crippen molar-refractivity contribution in [2.45, 2.75) is 95.9 Å². The lowest BCUT2D eigenvalue weighted by Crippen LogP contribution is -2.59. The molecule has 0 fully saturated rings. The Balaban J connectivity index is 2.46. The van der Waals surface area contributed by atoms with Gasteiger partial charge in [-0.1, -0.05) is 41.5 Å². The predicted octanol–water partition coefficient (Wildman–Crippen LogP) is 3.87. The Morgan fingerprint density at radius 2 is 1.65 bits per heavy atom. The van der Waals surface area contributed by atoms with Crippen LogP contribution < -0.4 is 5.69 Å². The van der Waals surface area contributed by atoms with Gasteiger partial charge in [-0.05, 0) is 42.3 Å². The molecule has 2 heterocycles. The molecule has 0 radical (unpaired) electrons. The second-order valence-electron chi connectivity index (χ2n) is 12.1. The van der Waals surface area contributed by atoms with E-state index < -0.39 is 58.0 Å². The summed E-state index contributed by atoms with van der Waals surface area (Å²) in [6, 6.07) is 1.19. The van der Waals surface area contributed by atoms with E-state index in [0.29, 0.717) is 0 Å². The number of alkyl halides is 2. The van der Waals surface area contributed by atoms with E-state index in [1.807, 2.05) is 54.6 Å². The minimum Gasteiger partial charge on any atom is -0.414 e. The predicted molar refractivity (Wildman–Crippen MR) is 140 cm³/mol. The zero-order valence-electron chi connectivity index (χ0n) is 23.2. The molecule has 0 saturated carbocycles. The van der Waals surface area contributed by atoms with Crippen molar-refractivity contribution in [2.75, 3.05) is 6.61 Å². The molecule has 2 rings (SSSR count). The van der Waals surface area contributed by atoms with Crippen LogP contribution in [0.25, 0.3) is 5.82 Å². The van der Waals surface area contributed by atoms with Crippen LogP contribution in [0.4, 0.5) is 8.78 Å². The molecule has 2 atom stereocenters. The monoisotopic (exact) mass is 559 g/mol. The smallest absolute Gasteiger partial charge is 0.356 e. The van der Waals surface area contributed by atoms with Crippen molar-refractivity contribution in [3.63, 3.8) is 0 Å². The molecule has 1 N–H and O–H groups in total. The largest absolute Gasteiger partial charge is 0.414 e. The zero-order valence-corrected chi connectivity index (χ0v) is 25.2. The summed E-state index contributed by atoms with van der Waals surface area (Å²) in [4.78, 5) is 33.0. The van der Waals surface area contributed by atoms with Crippen molar-refractivity contribution in [1.29, 1.82) is 0 Å². The second kappa shape index (κ2) is 10.6. The van der Waals surface area contributed by atoms with E-state index in [4.69, 9.17) is 8.85 Å². The Morgan fingerprint density at radius 3 is 2.11 bits per heavy atom. The van der Waals surface area contributed by atoms with Crippen LogP contribution in [0, 0.1) is 0 Å². The fourth-order valence-corrected chi connectivity index (χ4v) is 5.08. The molecule has 10 nitrogen and oxygen atoms in total. The third-order valence-electron chi connectivity index (χ3n) is 7.30. The zero-order chi connectivity index (χ0) is 28.6. The Bertz CT molecular complexity index is 1140. The molecule has 0 bridgehead atoms. The summed E-state index contributed by atoms with van der Waals surface area (Å²) in [6.07, 6.45) is -0.704. The molecule has 0 aliphatic carbocycles. The van der Waals surface area contributed by atoms with Crippen LogP contribution in [0.1, 0.15) is 46.3 Å². The highest BCUT2D eigenvalue weighted by atomic mass is 28.4. The highest BCUT2D eigenvalue weighted by Gasteiger charge is 2.56. The van der Waals surface area contributed by atoms with E-state index in [9.17, 15) is 14.7 Å².